The monoisotopic (exact) mass is 1300 g/mol. The maximum absolute atomic E-state index is 11.4. The minimum absolute atomic E-state index is 0.580. The SMILES string of the molecule is NC[C@H]1O[C@@H]2O[C@H]3[C@H](O)[C@@H](O)[C@@H](O[C@H]4[C@H](O)[C@@H](O)[C@@H](O[C@H]5[C@H](O)[C@@H](O)[C@@H](O[C@H]6[C@H](O)[C@@H](O)[C@@H](O[C@H]7[C@@H](O)[C@H](O)[C@@H](O[C@H]8[C@H](O)[C@H](O)[C@@H](O[C@H]9[C@@H](O)[C@H](O)[C@@H](O[C@H]1[C@H](O)[C@H]2O)O[C@@H]9CO)O[C@@H]8CO)O[C@@H]7CO)O[C@@H]6CO)O[C@@H]5CO)O[C@@H]4CO)O[C@@H]3CO. The van der Waals surface area contributed by atoms with Crippen molar-refractivity contribution < 1.29 is 193 Å². The van der Waals surface area contributed by atoms with Crippen LogP contribution in [0.25, 0.3) is 0 Å². The summed E-state index contributed by atoms with van der Waals surface area (Å²) >= 11 is 0. The van der Waals surface area contributed by atoms with E-state index in [1.165, 1.54) is 0 Å². The predicted octanol–water partition coefficient (Wildman–Crippen LogP) is -17.4. The van der Waals surface area contributed by atoms with Crippen LogP contribution in [-0.4, -0.2) is 416 Å². The molecule has 0 spiro atoms. The smallest absolute Gasteiger partial charge is 0.187 e. The van der Waals surface area contributed by atoms with Crippen LogP contribution < -0.4 is 5.73 Å². The van der Waals surface area contributed by atoms with Gasteiger partial charge in [-0.2, -0.15) is 0 Å². The lowest BCUT2D eigenvalue weighted by Crippen LogP contribution is -2.69. The molecule has 30 heterocycles. The third-order valence-electron chi connectivity index (χ3n) is 16.9. The Hall–Kier alpha value is -1.60. The average molecular weight is 1300 g/mol. The van der Waals surface area contributed by atoms with Gasteiger partial charge in [0.1, 0.15) is 195 Å². The van der Waals surface area contributed by atoms with Crippen LogP contribution in [0.1, 0.15) is 0 Å². The van der Waals surface area contributed by atoms with Gasteiger partial charge in [0.15, 0.2) is 50.3 Å². The minimum Gasteiger partial charge on any atom is -0.394 e. The maximum atomic E-state index is 11.4. The molecule has 0 saturated carbocycles. The van der Waals surface area contributed by atoms with Gasteiger partial charge in [-0.25, -0.2) is 0 Å². The third-order valence-corrected chi connectivity index (χ3v) is 16.9. The van der Waals surface area contributed by atoms with Crippen LogP contribution in [0.3, 0.4) is 0 Å². The Morgan fingerprint density at radius 3 is 0.398 bits per heavy atom. The summed E-state index contributed by atoms with van der Waals surface area (Å²) in [6, 6.07) is 0. The summed E-state index contributed by atoms with van der Waals surface area (Å²) in [6.07, 6.45) is -80.9. The van der Waals surface area contributed by atoms with E-state index in [2.05, 4.69) is 0 Å². The average Bonchev–Trinajstić information content (AvgIpc) is 1.09. The summed E-state index contributed by atoms with van der Waals surface area (Å²) in [7, 11) is 0. The molecule has 25 N–H and O–H groups in total. The fraction of sp³-hybridized carbons (Fsp3) is 1.00. The number of nitrogens with two attached hydrogens (primary N) is 1. The van der Waals surface area contributed by atoms with Crippen molar-refractivity contribution in [3.8, 4) is 0 Å². The molecular weight excluding hydrogens is 1210 g/mol. The van der Waals surface area contributed by atoms with E-state index in [1.54, 1.807) is 0 Å². The normalized spacial score (nSPS) is 55.4. The van der Waals surface area contributed by atoms with Crippen LogP contribution in [0.5, 0.6) is 0 Å². The zero-order valence-corrected chi connectivity index (χ0v) is 46.1. The largest absolute Gasteiger partial charge is 0.394 e. The van der Waals surface area contributed by atoms with Gasteiger partial charge in [-0.05, 0) is 0 Å². The molecule has 0 aromatic carbocycles. The second-order valence-electron chi connectivity index (χ2n) is 22.5. The fourth-order valence-electron chi connectivity index (χ4n) is 11.9. The van der Waals surface area contributed by atoms with Gasteiger partial charge in [-0.15, -0.1) is 0 Å². The number of rotatable bonds is 8. The topological polar surface area (TPSA) is 639 Å². The molecular formula is C48H81NO39. The summed E-state index contributed by atoms with van der Waals surface area (Å²) in [5.74, 6) is 0. The lowest BCUT2D eigenvalue weighted by atomic mass is 9.94. The Balaban J connectivity index is 0.975. The molecule has 0 aromatic heterocycles. The number of aliphatic hydroxyl groups excluding tert-OH is 23. The first-order valence-electron chi connectivity index (χ1n) is 28.2. The fourth-order valence-corrected chi connectivity index (χ4v) is 11.9. The van der Waals surface area contributed by atoms with Crippen LogP contribution in [-0.2, 0) is 75.8 Å². The molecule has 0 aliphatic carbocycles. The Labute approximate surface area is 496 Å². The molecule has 40 atom stereocenters. The quantitative estimate of drug-likeness (QED) is 0.107. The zero-order valence-electron chi connectivity index (χ0n) is 46.1. The molecule has 30 fully saturated rings. The number of aliphatic hydroxyl groups is 23. The highest BCUT2D eigenvalue weighted by atomic mass is 16.8. The van der Waals surface area contributed by atoms with Gasteiger partial charge in [0.05, 0.1) is 46.2 Å². The molecule has 30 aliphatic heterocycles. The van der Waals surface area contributed by atoms with Crippen molar-refractivity contribution in [3.05, 3.63) is 0 Å². The molecule has 0 amide bonds. The molecule has 0 aromatic rings. The van der Waals surface area contributed by atoms with Gasteiger partial charge in [0.25, 0.3) is 0 Å². The van der Waals surface area contributed by atoms with E-state index in [9.17, 15) is 117 Å². The van der Waals surface area contributed by atoms with Crippen molar-refractivity contribution >= 4 is 0 Å². The van der Waals surface area contributed by atoms with E-state index < -0.39 is 298 Å². The van der Waals surface area contributed by atoms with Crippen LogP contribution in [0.15, 0.2) is 0 Å². The first kappa shape index (κ1) is 70.7. The van der Waals surface area contributed by atoms with E-state index in [0.717, 1.165) is 0 Å². The zero-order chi connectivity index (χ0) is 64.1. The van der Waals surface area contributed by atoms with Crippen LogP contribution in [0.4, 0.5) is 0 Å². The van der Waals surface area contributed by atoms with E-state index >= 15 is 0 Å². The van der Waals surface area contributed by atoms with Crippen molar-refractivity contribution in [2.75, 3.05) is 52.8 Å². The Morgan fingerprint density at radius 1 is 0.170 bits per heavy atom. The predicted molar refractivity (Wildman–Crippen MR) is 263 cm³/mol. The molecule has 40 nitrogen and oxygen atoms in total. The lowest BCUT2D eigenvalue weighted by Gasteiger charge is -2.50. The highest BCUT2D eigenvalue weighted by molar-refractivity contribution is 5.02. The highest BCUT2D eigenvalue weighted by Gasteiger charge is 2.60. The molecule has 30 saturated heterocycles. The summed E-state index contributed by atoms with van der Waals surface area (Å²) in [6.45, 7) is -8.06. The molecule has 16 bridgehead atoms. The lowest BCUT2D eigenvalue weighted by molar-refractivity contribution is -0.403. The van der Waals surface area contributed by atoms with Crippen molar-refractivity contribution in [1.82, 2.24) is 0 Å². The van der Waals surface area contributed by atoms with Crippen molar-refractivity contribution in [3.63, 3.8) is 0 Å². The van der Waals surface area contributed by atoms with Gasteiger partial charge in [0, 0.05) is 6.54 Å². The van der Waals surface area contributed by atoms with E-state index in [1.807, 2.05) is 0 Å². The van der Waals surface area contributed by atoms with Crippen molar-refractivity contribution in [1.29, 1.82) is 0 Å². The molecule has 30 aliphatic rings. The van der Waals surface area contributed by atoms with Crippen molar-refractivity contribution in [2.24, 2.45) is 5.73 Å². The second kappa shape index (κ2) is 30.0. The number of hydrogen-bond donors (Lipinski definition) is 24. The first-order chi connectivity index (χ1) is 41.9. The molecule has 40 heteroatoms. The number of ether oxygens (including phenoxy) is 16. The summed E-state index contributed by atoms with van der Waals surface area (Å²) < 4.78 is 91.5. The molecule has 88 heavy (non-hydrogen) atoms. The maximum Gasteiger partial charge on any atom is 0.187 e. The number of hydrogen-bond acceptors (Lipinski definition) is 40. The van der Waals surface area contributed by atoms with E-state index in [0.29, 0.717) is 0 Å². The van der Waals surface area contributed by atoms with Gasteiger partial charge in [-0.1, -0.05) is 0 Å². The van der Waals surface area contributed by atoms with Crippen LogP contribution in [0.2, 0.25) is 0 Å². The van der Waals surface area contributed by atoms with Crippen LogP contribution in [0, 0.1) is 0 Å². The Kier molecular flexibility index (Phi) is 24.1. The third kappa shape index (κ3) is 13.8. The molecule has 0 unspecified atom stereocenters. The van der Waals surface area contributed by atoms with E-state index in [4.69, 9.17) is 81.5 Å². The summed E-state index contributed by atoms with van der Waals surface area (Å²) in [4.78, 5) is 0. The van der Waals surface area contributed by atoms with Gasteiger partial charge < -0.3 is 199 Å². The van der Waals surface area contributed by atoms with Crippen LogP contribution >= 0.6 is 0 Å². The second-order valence-corrected chi connectivity index (χ2v) is 22.5. The highest BCUT2D eigenvalue weighted by Crippen LogP contribution is 2.39. The minimum atomic E-state index is -2.24. The Morgan fingerprint density at radius 2 is 0.284 bits per heavy atom. The molecule has 0 radical (unpaired) electrons. The van der Waals surface area contributed by atoms with E-state index in [-0.39, 0.29) is 0 Å². The standard InChI is InChI=1S/C48H81NO39/c49-1-9-33-17(57)25(65)41(73-9)82-34-10(2-50)75-43(27(67)19(34)59)84-36-12(4-52)77-45(29(69)21(36)61)86-38-14(6-54)79-47(31(71)23(38)63)88-40-16(8-56)80-48(32(72)24(40)64)87-39-15(7-55)78-46(30(70)22(39)62)85-37-13(5-53)76-44(28(68)20(37)60)83-35-11(3-51)74-42(81-33)26(66)18(35)58/h9-48,50-72H,1-8,49H2/t9-,10-,11-,12-,13-,14-,15-,16-,17-,18+,19-,20-,21-,22+,23-,24-,25-,26+,27-,28+,29-,30+,31-,32-,33-,34-,35-,36-,37-,38-,39-,40-,41-,42-,43-,44-,45-,46-,47-,48-/m1/s1. The summed E-state index contributed by atoms with van der Waals surface area (Å²) in [5.41, 5.74) is 5.96. The van der Waals surface area contributed by atoms with Gasteiger partial charge >= 0.3 is 0 Å². The Bertz CT molecular complexity index is 1710. The van der Waals surface area contributed by atoms with Gasteiger partial charge in [-0.3, -0.25) is 0 Å². The first-order valence-corrected chi connectivity index (χ1v) is 28.2. The van der Waals surface area contributed by atoms with Crippen molar-refractivity contribution in [2.45, 2.75) is 246 Å². The molecule has 512 valence electrons. The molecule has 30 rings (SSSR count). The summed E-state index contributed by atoms with van der Waals surface area (Å²) in [5, 5.41) is 255. The van der Waals surface area contributed by atoms with Gasteiger partial charge in [0.2, 0.25) is 0 Å².